The number of ether oxygens (including phenoxy) is 2. The second-order valence-electron chi connectivity index (χ2n) is 3.93. The van der Waals surface area contributed by atoms with Crippen molar-refractivity contribution in [3.63, 3.8) is 0 Å². The molecule has 0 fully saturated rings. The zero-order chi connectivity index (χ0) is 12.0. The zero-order valence-electron chi connectivity index (χ0n) is 10.4. The van der Waals surface area contributed by atoms with Crippen LogP contribution in [0.15, 0.2) is 30.3 Å². The molecule has 0 radical (unpaired) electrons. The van der Waals surface area contributed by atoms with Crippen molar-refractivity contribution in [1.29, 1.82) is 0 Å². The molecule has 0 aliphatic carbocycles. The molecule has 0 aliphatic rings. The standard InChI is InChI=1S/C13H21NO2/c1-10(12-8-6-5-7-9-12)14-11(2)13(15-3)16-4/h5-11,13-14H,1-4H3/t10-,11-/m0/s1. The number of hydrogen-bond donors (Lipinski definition) is 1. The third-order valence-electron chi connectivity index (χ3n) is 2.69. The highest BCUT2D eigenvalue weighted by Crippen LogP contribution is 2.13. The van der Waals surface area contributed by atoms with Crippen molar-refractivity contribution < 1.29 is 9.47 Å². The molecule has 2 atom stereocenters. The van der Waals surface area contributed by atoms with Gasteiger partial charge in [0, 0.05) is 20.3 Å². The van der Waals surface area contributed by atoms with Gasteiger partial charge in [0.2, 0.25) is 0 Å². The van der Waals surface area contributed by atoms with Gasteiger partial charge in [-0.1, -0.05) is 30.3 Å². The van der Waals surface area contributed by atoms with Crippen LogP contribution >= 0.6 is 0 Å². The van der Waals surface area contributed by atoms with Crippen LogP contribution in [0.3, 0.4) is 0 Å². The summed E-state index contributed by atoms with van der Waals surface area (Å²) in [4.78, 5) is 0. The molecule has 0 aliphatic heterocycles. The predicted octanol–water partition coefficient (Wildman–Crippen LogP) is 2.34. The second-order valence-corrected chi connectivity index (χ2v) is 3.93. The molecule has 1 rings (SSSR count). The van der Waals surface area contributed by atoms with Crippen molar-refractivity contribution in [2.75, 3.05) is 14.2 Å². The van der Waals surface area contributed by atoms with E-state index >= 15 is 0 Å². The molecule has 0 unspecified atom stereocenters. The fourth-order valence-corrected chi connectivity index (χ4v) is 1.82. The van der Waals surface area contributed by atoms with Crippen LogP contribution in [0.25, 0.3) is 0 Å². The van der Waals surface area contributed by atoms with Crippen LogP contribution in [0.2, 0.25) is 0 Å². The Morgan fingerprint density at radius 1 is 1.00 bits per heavy atom. The topological polar surface area (TPSA) is 30.5 Å². The molecule has 0 bridgehead atoms. The van der Waals surface area contributed by atoms with E-state index in [9.17, 15) is 0 Å². The minimum Gasteiger partial charge on any atom is -0.354 e. The van der Waals surface area contributed by atoms with Crippen LogP contribution in [0, 0.1) is 0 Å². The van der Waals surface area contributed by atoms with Gasteiger partial charge in [0.15, 0.2) is 6.29 Å². The predicted molar refractivity (Wildman–Crippen MR) is 65.3 cm³/mol. The van der Waals surface area contributed by atoms with E-state index in [0.29, 0.717) is 0 Å². The molecular weight excluding hydrogens is 202 g/mol. The van der Waals surface area contributed by atoms with Crippen molar-refractivity contribution in [2.45, 2.75) is 32.2 Å². The van der Waals surface area contributed by atoms with Crippen molar-refractivity contribution in [3.8, 4) is 0 Å². The van der Waals surface area contributed by atoms with Gasteiger partial charge in [-0.15, -0.1) is 0 Å². The summed E-state index contributed by atoms with van der Waals surface area (Å²) < 4.78 is 10.4. The lowest BCUT2D eigenvalue weighted by Gasteiger charge is -2.25. The Labute approximate surface area is 97.8 Å². The lowest BCUT2D eigenvalue weighted by molar-refractivity contribution is -0.120. The summed E-state index contributed by atoms with van der Waals surface area (Å²) in [6, 6.07) is 10.8. The molecule has 0 saturated carbocycles. The molecule has 3 heteroatoms. The minimum absolute atomic E-state index is 0.144. The monoisotopic (exact) mass is 223 g/mol. The Morgan fingerprint density at radius 2 is 1.56 bits per heavy atom. The van der Waals surface area contributed by atoms with E-state index in [-0.39, 0.29) is 18.4 Å². The lowest BCUT2D eigenvalue weighted by atomic mass is 10.1. The highest BCUT2D eigenvalue weighted by Gasteiger charge is 2.17. The molecule has 1 N–H and O–H groups in total. The summed E-state index contributed by atoms with van der Waals surface area (Å²) in [6.07, 6.45) is -0.217. The van der Waals surface area contributed by atoms with E-state index in [4.69, 9.17) is 9.47 Å². The van der Waals surface area contributed by atoms with Gasteiger partial charge in [-0.25, -0.2) is 0 Å². The summed E-state index contributed by atoms with van der Waals surface area (Å²) in [7, 11) is 3.30. The lowest BCUT2D eigenvalue weighted by Crippen LogP contribution is -2.40. The number of methoxy groups -OCH3 is 2. The second kappa shape index (κ2) is 6.63. The molecular formula is C13H21NO2. The van der Waals surface area contributed by atoms with Crippen LogP contribution in [0.1, 0.15) is 25.5 Å². The minimum atomic E-state index is -0.217. The van der Waals surface area contributed by atoms with Crippen molar-refractivity contribution in [1.82, 2.24) is 5.32 Å². The molecule has 0 saturated heterocycles. The van der Waals surface area contributed by atoms with Crippen LogP contribution in [-0.4, -0.2) is 26.6 Å². The largest absolute Gasteiger partial charge is 0.354 e. The Balaban J connectivity index is 2.54. The van der Waals surface area contributed by atoms with Crippen LogP contribution in [0.4, 0.5) is 0 Å². The maximum absolute atomic E-state index is 5.21. The van der Waals surface area contributed by atoms with Gasteiger partial charge < -0.3 is 14.8 Å². The summed E-state index contributed by atoms with van der Waals surface area (Å²) in [5.74, 6) is 0. The first-order chi connectivity index (χ1) is 7.69. The van der Waals surface area contributed by atoms with E-state index in [2.05, 4.69) is 31.3 Å². The van der Waals surface area contributed by atoms with E-state index < -0.39 is 0 Å². The first-order valence-electron chi connectivity index (χ1n) is 5.55. The van der Waals surface area contributed by atoms with Crippen LogP contribution in [-0.2, 0) is 9.47 Å². The molecule has 0 aromatic heterocycles. The Hall–Kier alpha value is -0.900. The molecule has 0 amide bonds. The molecule has 1 aromatic carbocycles. The zero-order valence-corrected chi connectivity index (χ0v) is 10.4. The van der Waals surface area contributed by atoms with E-state index in [0.717, 1.165) is 0 Å². The Kier molecular flexibility index (Phi) is 5.46. The number of benzene rings is 1. The fourth-order valence-electron chi connectivity index (χ4n) is 1.82. The summed E-state index contributed by atoms with van der Waals surface area (Å²) in [5.41, 5.74) is 1.26. The van der Waals surface area contributed by atoms with Gasteiger partial charge in [0.1, 0.15) is 0 Å². The maximum Gasteiger partial charge on any atom is 0.171 e. The van der Waals surface area contributed by atoms with Crippen molar-refractivity contribution >= 4 is 0 Å². The normalized spacial score (nSPS) is 15.1. The molecule has 3 nitrogen and oxygen atoms in total. The van der Waals surface area contributed by atoms with Crippen LogP contribution < -0.4 is 5.32 Å². The summed E-state index contributed by atoms with van der Waals surface area (Å²) >= 11 is 0. The van der Waals surface area contributed by atoms with Gasteiger partial charge in [-0.2, -0.15) is 0 Å². The number of rotatable bonds is 6. The smallest absolute Gasteiger partial charge is 0.171 e. The first kappa shape index (κ1) is 13.2. The van der Waals surface area contributed by atoms with Crippen LogP contribution in [0.5, 0.6) is 0 Å². The Morgan fingerprint density at radius 3 is 2.06 bits per heavy atom. The summed E-state index contributed by atoms with van der Waals surface area (Å²) in [5, 5.41) is 3.45. The van der Waals surface area contributed by atoms with Gasteiger partial charge in [0.25, 0.3) is 0 Å². The van der Waals surface area contributed by atoms with E-state index in [1.54, 1.807) is 14.2 Å². The van der Waals surface area contributed by atoms with Gasteiger partial charge in [0.05, 0.1) is 6.04 Å². The third kappa shape index (κ3) is 3.59. The van der Waals surface area contributed by atoms with Crippen molar-refractivity contribution in [3.05, 3.63) is 35.9 Å². The highest BCUT2D eigenvalue weighted by molar-refractivity contribution is 5.18. The van der Waals surface area contributed by atoms with Gasteiger partial charge >= 0.3 is 0 Å². The van der Waals surface area contributed by atoms with Crippen molar-refractivity contribution in [2.24, 2.45) is 0 Å². The first-order valence-corrected chi connectivity index (χ1v) is 5.55. The molecule has 90 valence electrons. The van der Waals surface area contributed by atoms with Gasteiger partial charge in [-0.05, 0) is 19.4 Å². The average molecular weight is 223 g/mol. The van der Waals surface area contributed by atoms with E-state index in [1.807, 2.05) is 18.2 Å². The molecule has 16 heavy (non-hydrogen) atoms. The quantitative estimate of drug-likeness (QED) is 0.751. The summed E-state index contributed by atoms with van der Waals surface area (Å²) in [6.45, 7) is 4.19. The number of hydrogen-bond acceptors (Lipinski definition) is 3. The third-order valence-corrected chi connectivity index (χ3v) is 2.69. The average Bonchev–Trinajstić information content (AvgIpc) is 2.31. The molecule has 1 aromatic rings. The fraction of sp³-hybridized carbons (Fsp3) is 0.538. The SMILES string of the molecule is COC(OC)[C@H](C)N[C@@H](C)c1ccccc1. The maximum atomic E-state index is 5.21. The molecule has 0 heterocycles. The molecule has 0 spiro atoms. The highest BCUT2D eigenvalue weighted by atomic mass is 16.7. The number of nitrogens with one attached hydrogen (secondary N) is 1. The van der Waals surface area contributed by atoms with Gasteiger partial charge in [-0.3, -0.25) is 0 Å². The van der Waals surface area contributed by atoms with E-state index in [1.165, 1.54) is 5.56 Å². The Bertz CT molecular complexity index is 285.